The van der Waals surface area contributed by atoms with Crippen molar-refractivity contribution >= 4 is 0 Å². The van der Waals surface area contributed by atoms with E-state index in [2.05, 4.69) is 4.74 Å². The summed E-state index contributed by atoms with van der Waals surface area (Å²) in [6, 6.07) is 6.71. The molecule has 10 heteroatoms. The van der Waals surface area contributed by atoms with E-state index in [1.165, 1.54) is 12.1 Å². The molecule has 0 saturated heterocycles. The molecule has 0 aliphatic rings. The van der Waals surface area contributed by atoms with Crippen molar-refractivity contribution in [2.24, 2.45) is 0 Å². The van der Waals surface area contributed by atoms with Crippen molar-refractivity contribution in [2.75, 3.05) is 0 Å². The van der Waals surface area contributed by atoms with E-state index in [0.717, 1.165) is 25.1 Å². The lowest BCUT2D eigenvalue weighted by Crippen LogP contribution is -2.25. The third-order valence-corrected chi connectivity index (χ3v) is 5.60. The third-order valence-electron chi connectivity index (χ3n) is 5.60. The third kappa shape index (κ3) is 5.00. The van der Waals surface area contributed by atoms with E-state index in [1.54, 1.807) is 6.92 Å². The van der Waals surface area contributed by atoms with Gasteiger partial charge in [0.05, 0.1) is 5.56 Å². The number of rotatable bonds is 5. The fourth-order valence-corrected chi connectivity index (χ4v) is 3.73. The summed E-state index contributed by atoms with van der Waals surface area (Å²) in [4.78, 5) is 0. The summed E-state index contributed by atoms with van der Waals surface area (Å²) in [7, 11) is 0. The van der Waals surface area contributed by atoms with Gasteiger partial charge in [0, 0.05) is 23.3 Å². The van der Waals surface area contributed by atoms with Crippen molar-refractivity contribution in [3.05, 3.63) is 112 Å². The molecular formula is C27H15F9O. The lowest BCUT2D eigenvalue weighted by Gasteiger charge is -2.20. The molecule has 0 N–H and O–H groups in total. The van der Waals surface area contributed by atoms with Gasteiger partial charge in [-0.15, -0.1) is 0 Å². The van der Waals surface area contributed by atoms with Gasteiger partial charge in [-0.25, -0.2) is 30.7 Å². The highest BCUT2D eigenvalue weighted by Gasteiger charge is 2.41. The molecule has 0 amide bonds. The van der Waals surface area contributed by atoms with Crippen LogP contribution in [-0.4, -0.2) is 0 Å². The highest BCUT2D eigenvalue weighted by Crippen LogP contribution is 2.39. The second-order valence-electron chi connectivity index (χ2n) is 8.24. The Labute approximate surface area is 204 Å². The molecule has 0 aliphatic carbocycles. The summed E-state index contributed by atoms with van der Waals surface area (Å²) < 4.78 is 134. The maximum Gasteiger partial charge on any atom is 0.432 e. The minimum absolute atomic E-state index is 0.136. The lowest BCUT2D eigenvalue weighted by molar-refractivity contribution is -0.189. The van der Waals surface area contributed by atoms with Gasteiger partial charge in [-0.3, -0.25) is 0 Å². The minimum Gasteiger partial charge on any atom is -0.429 e. The molecule has 0 saturated carbocycles. The number of halogens is 9. The molecule has 4 aromatic rings. The van der Waals surface area contributed by atoms with E-state index in [-0.39, 0.29) is 23.3 Å². The highest BCUT2D eigenvalue weighted by atomic mass is 19.3. The largest absolute Gasteiger partial charge is 0.432 e. The highest BCUT2D eigenvalue weighted by molar-refractivity contribution is 5.72. The topological polar surface area (TPSA) is 9.23 Å². The van der Waals surface area contributed by atoms with Crippen LogP contribution in [0.3, 0.4) is 0 Å². The summed E-state index contributed by atoms with van der Waals surface area (Å²) in [5.74, 6) is -10.8. The molecule has 4 rings (SSSR count). The normalized spacial score (nSPS) is 11.6. The van der Waals surface area contributed by atoms with Gasteiger partial charge in [-0.1, -0.05) is 12.1 Å². The standard InChI is InChI=1S/C27H15F9O/c1-12-3-4-17(20(30)5-12)14-6-21(31)25(22(32)7-14)15-8-23(33)26(24(34)9-15)27(35,36)37-16-10-18(28)13(2)19(29)11-16/h3-11H,1-2H3. The molecule has 0 aromatic heterocycles. The van der Waals surface area contributed by atoms with Crippen LogP contribution in [0.5, 0.6) is 5.75 Å². The molecule has 0 heterocycles. The molecule has 4 aromatic carbocycles. The average molecular weight is 526 g/mol. The number of benzene rings is 4. The molecule has 0 aliphatic heterocycles. The van der Waals surface area contributed by atoms with Crippen molar-refractivity contribution in [2.45, 2.75) is 20.0 Å². The van der Waals surface area contributed by atoms with Crippen LogP contribution < -0.4 is 4.74 Å². The van der Waals surface area contributed by atoms with Crippen molar-refractivity contribution in [3.63, 3.8) is 0 Å². The lowest BCUT2D eigenvalue weighted by atomic mass is 9.97. The number of aryl methyl sites for hydroxylation is 1. The zero-order valence-corrected chi connectivity index (χ0v) is 19.0. The SMILES string of the molecule is Cc1ccc(-c2cc(F)c(-c3cc(F)c(C(F)(F)Oc4cc(F)c(C)c(F)c4)c(F)c3)c(F)c2)c(F)c1. The number of ether oxygens (including phenoxy) is 1. The van der Waals surface area contributed by atoms with Crippen LogP contribution in [0.15, 0.2) is 54.6 Å². The first-order valence-electron chi connectivity index (χ1n) is 10.6. The molecule has 0 radical (unpaired) electrons. The van der Waals surface area contributed by atoms with E-state index >= 15 is 0 Å². The molecule has 0 bridgehead atoms. The summed E-state index contributed by atoms with van der Waals surface area (Å²) >= 11 is 0. The minimum atomic E-state index is -4.76. The van der Waals surface area contributed by atoms with Gasteiger partial charge in [0.2, 0.25) is 0 Å². The monoisotopic (exact) mass is 526 g/mol. The average Bonchev–Trinajstić information content (AvgIpc) is 2.76. The Balaban J connectivity index is 1.73. The zero-order valence-electron chi connectivity index (χ0n) is 19.0. The van der Waals surface area contributed by atoms with Gasteiger partial charge in [0.25, 0.3) is 0 Å². The summed E-state index contributed by atoms with van der Waals surface area (Å²) in [5.41, 5.74) is -3.94. The predicted molar refractivity (Wildman–Crippen MR) is 117 cm³/mol. The maximum absolute atomic E-state index is 14.8. The molecule has 0 unspecified atom stereocenters. The second kappa shape index (κ2) is 9.49. The van der Waals surface area contributed by atoms with Crippen molar-refractivity contribution in [3.8, 4) is 28.0 Å². The van der Waals surface area contributed by atoms with E-state index < -0.39 is 74.8 Å². The van der Waals surface area contributed by atoms with Crippen LogP contribution in [0, 0.1) is 54.6 Å². The number of hydrogen-bond donors (Lipinski definition) is 0. The summed E-state index contributed by atoms with van der Waals surface area (Å²) in [5, 5.41) is 0. The van der Waals surface area contributed by atoms with Crippen LogP contribution in [0.1, 0.15) is 16.7 Å². The van der Waals surface area contributed by atoms with E-state index in [1.807, 2.05) is 0 Å². The number of hydrogen-bond acceptors (Lipinski definition) is 1. The molecule has 0 spiro atoms. The van der Waals surface area contributed by atoms with Gasteiger partial charge < -0.3 is 4.74 Å². The summed E-state index contributed by atoms with van der Waals surface area (Å²) in [6.07, 6.45) is -4.76. The molecule has 0 fully saturated rings. The van der Waals surface area contributed by atoms with Crippen LogP contribution in [0.25, 0.3) is 22.3 Å². The molecule has 0 atom stereocenters. The van der Waals surface area contributed by atoms with Crippen LogP contribution in [0.4, 0.5) is 39.5 Å². The first-order chi connectivity index (χ1) is 17.3. The Morgan fingerprint density at radius 2 is 1.08 bits per heavy atom. The van der Waals surface area contributed by atoms with Gasteiger partial charge in [0.15, 0.2) is 0 Å². The fourth-order valence-electron chi connectivity index (χ4n) is 3.73. The smallest absolute Gasteiger partial charge is 0.429 e. The molecule has 1 nitrogen and oxygen atoms in total. The van der Waals surface area contributed by atoms with Crippen molar-refractivity contribution < 1.29 is 44.3 Å². The Hall–Kier alpha value is -3.95. The Bertz CT molecular complexity index is 1460. The predicted octanol–water partition coefficient (Wildman–Crippen LogP) is 8.74. The van der Waals surface area contributed by atoms with E-state index in [0.29, 0.717) is 17.7 Å². The van der Waals surface area contributed by atoms with Crippen molar-refractivity contribution in [1.82, 2.24) is 0 Å². The molecular weight excluding hydrogens is 511 g/mol. The number of alkyl halides is 2. The maximum atomic E-state index is 14.8. The quantitative estimate of drug-likeness (QED) is 0.236. The fraction of sp³-hybridized carbons (Fsp3) is 0.111. The summed E-state index contributed by atoms with van der Waals surface area (Å²) in [6.45, 7) is 2.64. The van der Waals surface area contributed by atoms with Gasteiger partial charge in [-0.2, -0.15) is 8.78 Å². The van der Waals surface area contributed by atoms with Crippen LogP contribution >= 0.6 is 0 Å². The van der Waals surface area contributed by atoms with E-state index in [4.69, 9.17) is 0 Å². The van der Waals surface area contributed by atoms with Gasteiger partial charge >= 0.3 is 6.11 Å². The first kappa shape index (κ1) is 26.1. The Morgan fingerprint density at radius 3 is 1.59 bits per heavy atom. The van der Waals surface area contributed by atoms with Crippen LogP contribution in [0.2, 0.25) is 0 Å². The van der Waals surface area contributed by atoms with Gasteiger partial charge in [0.1, 0.15) is 52.0 Å². The van der Waals surface area contributed by atoms with E-state index in [9.17, 15) is 39.5 Å². The Morgan fingerprint density at radius 1 is 0.568 bits per heavy atom. The Kier molecular flexibility index (Phi) is 6.70. The van der Waals surface area contributed by atoms with Crippen LogP contribution in [-0.2, 0) is 6.11 Å². The second-order valence-corrected chi connectivity index (χ2v) is 8.24. The molecule has 192 valence electrons. The zero-order chi connectivity index (χ0) is 27.2. The van der Waals surface area contributed by atoms with Gasteiger partial charge in [-0.05, 0) is 60.9 Å². The van der Waals surface area contributed by atoms with Crippen molar-refractivity contribution in [1.29, 1.82) is 0 Å². The first-order valence-corrected chi connectivity index (χ1v) is 10.6. The molecule has 37 heavy (non-hydrogen) atoms.